The van der Waals surface area contributed by atoms with Crippen molar-refractivity contribution in [1.82, 2.24) is 0 Å². The van der Waals surface area contributed by atoms with Crippen molar-refractivity contribution < 1.29 is 13.9 Å². The minimum absolute atomic E-state index is 0.226. The topological polar surface area (TPSA) is 39.4 Å². The zero-order valence-electron chi connectivity index (χ0n) is 9.26. The summed E-state index contributed by atoms with van der Waals surface area (Å²) in [7, 11) is 0. The van der Waals surface area contributed by atoms with E-state index in [0.29, 0.717) is 12.4 Å². The third-order valence-electron chi connectivity index (χ3n) is 2.21. The summed E-state index contributed by atoms with van der Waals surface area (Å²) in [5.74, 6) is 1.43. The quantitative estimate of drug-likeness (QED) is 0.582. The molecule has 1 heterocycles. The normalized spacial score (nSPS) is 9.88. The molecule has 2 aromatic rings. The summed E-state index contributed by atoms with van der Waals surface area (Å²) in [6.07, 6.45) is 1.22. The number of allylic oxidation sites excluding steroid dienone is 1. The Labute approximate surface area is 99.3 Å². The maximum absolute atomic E-state index is 11.2. The highest BCUT2D eigenvalue weighted by molar-refractivity contribution is 6.01. The van der Waals surface area contributed by atoms with Crippen LogP contribution in [0.1, 0.15) is 16.3 Å². The van der Waals surface area contributed by atoms with E-state index in [0.717, 1.165) is 5.75 Å². The Morgan fingerprint density at radius 2 is 2.00 bits per heavy atom. The van der Waals surface area contributed by atoms with E-state index in [-0.39, 0.29) is 11.5 Å². The van der Waals surface area contributed by atoms with E-state index in [9.17, 15) is 4.79 Å². The summed E-state index contributed by atoms with van der Waals surface area (Å²) in [5.41, 5.74) is 0. The molecule has 0 fully saturated rings. The molecule has 0 unspecified atom stereocenters. The fourth-order valence-corrected chi connectivity index (χ4v) is 1.36. The van der Waals surface area contributed by atoms with Crippen LogP contribution in [0.4, 0.5) is 0 Å². The number of hydrogen-bond acceptors (Lipinski definition) is 3. The van der Waals surface area contributed by atoms with E-state index < -0.39 is 0 Å². The van der Waals surface area contributed by atoms with Crippen molar-refractivity contribution in [2.24, 2.45) is 0 Å². The van der Waals surface area contributed by atoms with Gasteiger partial charge in [0, 0.05) is 0 Å². The third-order valence-corrected chi connectivity index (χ3v) is 2.21. The first-order chi connectivity index (χ1) is 8.29. The lowest BCUT2D eigenvalue weighted by Gasteiger charge is -2.02. The van der Waals surface area contributed by atoms with Crippen LogP contribution in [0, 0.1) is 0 Å². The molecule has 1 aromatic heterocycles. The van der Waals surface area contributed by atoms with Gasteiger partial charge in [0.05, 0.1) is 0 Å². The van der Waals surface area contributed by atoms with Gasteiger partial charge in [0.25, 0.3) is 0 Å². The number of ketones is 1. The van der Waals surface area contributed by atoms with Crippen LogP contribution in [-0.2, 0) is 6.61 Å². The Kier molecular flexibility index (Phi) is 3.40. The second-order valence-electron chi connectivity index (χ2n) is 3.44. The summed E-state index contributed by atoms with van der Waals surface area (Å²) in [6.45, 7) is 3.70. The molecule has 0 spiro atoms. The van der Waals surface area contributed by atoms with Crippen molar-refractivity contribution in [3.05, 3.63) is 66.6 Å². The lowest BCUT2D eigenvalue weighted by atomic mass is 10.3. The maximum Gasteiger partial charge on any atom is 0.220 e. The minimum Gasteiger partial charge on any atom is -0.486 e. The van der Waals surface area contributed by atoms with Crippen molar-refractivity contribution in [3.8, 4) is 5.75 Å². The number of carbonyl (C=O) groups is 1. The summed E-state index contributed by atoms with van der Waals surface area (Å²) in [5, 5.41) is 0. The molecule has 0 N–H and O–H groups in total. The minimum atomic E-state index is -0.226. The molecule has 3 nitrogen and oxygen atoms in total. The van der Waals surface area contributed by atoms with Gasteiger partial charge in [0.2, 0.25) is 5.78 Å². The van der Waals surface area contributed by atoms with E-state index >= 15 is 0 Å². The molecule has 0 amide bonds. The summed E-state index contributed by atoms with van der Waals surface area (Å²) in [4.78, 5) is 11.2. The first-order valence-corrected chi connectivity index (χ1v) is 5.23. The van der Waals surface area contributed by atoms with Crippen molar-refractivity contribution in [2.75, 3.05) is 0 Å². The van der Waals surface area contributed by atoms with Crippen molar-refractivity contribution in [1.29, 1.82) is 0 Å². The largest absolute Gasteiger partial charge is 0.486 e. The lowest BCUT2D eigenvalue weighted by Crippen LogP contribution is -1.94. The van der Waals surface area contributed by atoms with Crippen LogP contribution in [-0.4, -0.2) is 5.78 Å². The first-order valence-electron chi connectivity index (χ1n) is 5.23. The van der Waals surface area contributed by atoms with Crippen molar-refractivity contribution >= 4 is 5.78 Å². The van der Waals surface area contributed by atoms with Crippen molar-refractivity contribution in [2.45, 2.75) is 6.61 Å². The zero-order valence-corrected chi connectivity index (χ0v) is 9.26. The van der Waals surface area contributed by atoms with Crippen LogP contribution < -0.4 is 4.74 Å². The molecular weight excluding hydrogens is 216 g/mol. The molecule has 0 saturated heterocycles. The standard InChI is InChI=1S/C14H12O3/c1-2-13(15)14-9-8-12(17-14)10-16-11-6-4-3-5-7-11/h2-9H,1,10H2. The Balaban J connectivity index is 1.98. The van der Waals surface area contributed by atoms with Gasteiger partial charge in [-0.1, -0.05) is 24.8 Å². The highest BCUT2D eigenvalue weighted by atomic mass is 16.5. The van der Waals surface area contributed by atoms with Gasteiger partial charge in [-0.05, 0) is 30.3 Å². The average molecular weight is 228 g/mol. The molecule has 86 valence electrons. The van der Waals surface area contributed by atoms with Gasteiger partial charge >= 0.3 is 0 Å². The monoisotopic (exact) mass is 228 g/mol. The van der Waals surface area contributed by atoms with E-state index in [1.54, 1.807) is 12.1 Å². The van der Waals surface area contributed by atoms with Gasteiger partial charge in [-0.15, -0.1) is 0 Å². The van der Waals surface area contributed by atoms with Crippen LogP contribution >= 0.6 is 0 Å². The van der Waals surface area contributed by atoms with E-state index in [2.05, 4.69) is 6.58 Å². The number of rotatable bonds is 5. The lowest BCUT2D eigenvalue weighted by molar-refractivity contribution is 0.101. The van der Waals surface area contributed by atoms with Crippen LogP contribution in [0.3, 0.4) is 0 Å². The van der Waals surface area contributed by atoms with Crippen LogP contribution in [0.25, 0.3) is 0 Å². The molecule has 0 aliphatic carbocycles. The maximum atomic E-state index is 11.2. The van der Waals surface area contributed by atoms with Crippen LogP contribution in [0.15, 0.2) is 59.5 Å². The number of hydrogen-bond donors (Lipinski definition) is 0. The fourth-order valence-electron chi connectivity index (χ4n) is 1.36. The Morgan fingerprint density at radius 1 is 1.24 bits per heavy atom. The van der Waals surface area contributed by atoms with Gasteiger partial charge in [-0.3, -0.25) is 4.79 Å². The molecule has 0 saturated carbocycles. The van der Waals surface area contributed by atoms with Gasteiger partial charge in [0.1, 0.15) is 18.1 Å². The molecular formula is C14H12O3. The number of carbonyl (C=O) groups excluding carboxylic acids is 1. The molecule has 2 rings (SSSR count). The first kappa shape index (κ1) is 11.2. The molecule has 0 aliphatic heterocycles. The highest BCUT2D eigenvalue weighted by Gasteiger charge is 2.07. The summed E-state index contributed by atoms with van der Waals surface area (Å²) < 4.78 is 10.8. The second kappa shape index (κ2) is 5.16. The van der Waals surface area contributed by atoms with E-state index in [4.69, 9.17) is 9.15 Å². The molecule has 17 heavy (non-hydrogen) atoms. The Morgan fingerprint density at radius 3 is 2.71 bits per heavy atom. The van der Waals surface area contributed by atoms with Crippen LogP contribution in [0.2, 0.25) is 0 Å². The smallest absolute Gasteiger partial charge is 0.220 e. The number of benzene rings is 1. The van der Waals surface area contributed by atoms with Crippen LogP contribution in [0.5, 0.6) is 5.75 Å². The van der Waals surface area contributed by atoms with Gasteiger partial charge in [-0.25, -0.2) is 0 Å². The summed E-state index contributed by atoms with van der Waals surface area (Å²) >= 11 is 0. The third kappa shape index (κ3) is 2.84. The Bertz CT molecular complexity index is 511. The van der Waals surface area contributed by atoms with Gasteiger partial charge in [-0.2, -0.15) is 0 Å². The predicted octanol–water partition coefficient (Wildman–Crippen LogP) is 3.23. The zero-order chi connectivity index (χ0) is 12.1. The molecule has 0 atom stereocenters. The van der Waals surface area contributed by atoms with Crippen molar-refractivity contribution in [3.63, 3.8) is 0 Å². The average Bonchev–Trinajstić information content (AvgIpc) is 2.85. The SMILES string of the molecule is C=CC(=O)c1ccc(COc2ccccc2)o1. The highest BCUT2D eigenvalue weighted by Crippen LogP contribution is 2.14. The predicted molar refractivity (Wildman–Crippen MR) is 64.0 cm³/mol. The van der Waals surface area contributed by atoms with E-state index in [1.807, 2.05) is 30.3 Å². The Hall–Kier alpha value is -2.29. The molecule has 0 bridgehead atoms. The fraction of sp³-hybridized carbons (Fsp3) is 0.0714. The summed E-state index contributed by atoms with van der Waals surface area (Å²) in [6, 6.07) is 12.8. The molecule has 0 radical (unpaired) electrons. The van der Waals surface area contributed by atoms with E-state index in [1.165, 1.54) is 6.08 Å². The molecule has 1 aromatic carbocycles. The molecule has 3 heteroatoms. The van der Waals surface area contributed by atoms with Gasteiger partial charge in [0.15, 0.2) is 5.76 Å². The van der Waals surface area contributed by atoms with Gasteiger partial charge < -0.3 is 9.15 Å². The molecule has 0 aliphatic rings. The number of para-hydroxylation sites is 1. The number of ether oxygens (including phenoxy) is 1. The number of furan rings is 1. The second-order valence-corrected chi connectivity index (χ2v) is 3.44.